The summed E-state index contributed by atoms with van der Waals surface area (Å²) in [7, 11) is 0. The fraction of sp³-hybridized carbons (Fsp3) is 0.250. The lowest BCUT2D eigenvalue weighted by Gasteiger charge is -2.39. The van der Waals surface area contributed by atoms with E-state index in [0.717, 1.165) is 59.9 Å². The molecule has 1 atom stereocenters. The van der Waals surface area contributed by atoms with Gasteiger partial charge in [0, 0.05) is 11.1 Å². The van der Waals surface area contributed by atoms with Crippen molar-refractivity contribution in [2.45, 2.75) is 26.3 Å². The predicted molar refractivity (Wildman–Crippen MR) is 154 cm³/mol. The number of hydrogen-bond acceptors (Lipinski definition) is 3. The highest BCUT2D eigenvalue weighted by molar-refractivity contribution is 6.31. The molecule has 2 aromatic heterocycles. The van der Waals surface area contributed by atoms with Gasteiger partial charge in [-0.2, -0.15) is 5.26 Å². The summed E-state index contributed by atoms with van der Waals surface area (Å²) in [5.74, 6) is 1.18. The summed E-state index contributed by atoms with van der Waals surface area (Å²) < 4.78 is 2.23. The van der Waals surface area contributed by atoms with E-state index in [1.165, 1.54) is 27.4 Å². The minimum atomic E-state index is 0.175. The van der Waals surface area contributed by atoms with E-state index in [2.05, 4.69) is 77.7 Å². The highest BCUT2D eigenvalue weighted by atomic mass is 35.5. The van der Waals surface area contributed by atoms with Gasteiger partial charge < -0.3 is 9.80 Å². The van der Waals surface area contributed by atoms with Crippen LogP contribution in [-0.2, 0) is 6.42 Å². The number of nitrogens with one attached hydrogen (secondary N) is 1. The number of aromatic nitrogens is 2. The van der Waals surface area contributed by atoms with Crippen molar-refractivity contribution in [1.29, 1.82) is 5.26 Å². The molecule has 5 nitrogen and oxygen atoms in total. The molecule has 1 N–H and O–H groups in total. The lowest BCUT2D eigenvalue weighted by atomic mass is 9.96. The fourth-order valence-corrected chi connectivity index (χ4v) is 6.45. The Kier molecular flexibility index (Phi) is 6.53. The summed E-state index contributed by atoms with van der Waals surface area (Å²) in [4.78, 5) is 8.92. The van der Waals surface area contributed by atoms with E-state index in [1.807, 2.05) is 30.3 Å². The third kappa shape index (κ3) is 4.01. The number of hydrogen-bond donors (Lipinski definition) is 1. The molecule has 3 aromatic carbocycles. The first-order valence-electron chi connectivity index (χ1n) is 13.3. The number of quaternary nitrogens is 1. The first-order chi connectivity index (χ1) is 18.6. The third-order valence-electron chi connectivity index (χ3n) is 8.02. The normalized spacial score (nSPS) is 15.2. The molecule has 1 saturated heterocycles. The molecule has 1 fully saturated rings. The highest BCUT2D eigenvalue weighted by Crippen LogP contribution is 2.34. The van der Waals surface area contributed by atoms with Crippen LogP contribution in [0.3, 0.4) is 0 Å². The van der Waals surface area contributed by atoms with Crippen LogP contribution in [0.25, 0.3) is 16.7 Å². The van der Waals surface area contributed by atoms with Crippen molar-refractivity contribution in [3.8, 4) is 6.07 Å². The number of para-hydroxylation sites is 2. The van der Waals surface area contributed by atoms with E-state index in [0.29, 0.717) is 5.56 Å². The Hall–Kier alpha value is -3.85. The van der Waals surface area contributed by atoms with Gasteiger partial charge in [0.05, 0.1) is 47.8 Å². The van der Waals surface area contributed by atoms with Crippen LogP contribution in [0.1, 0.15) is 40.8 Å². The van der Waals surface area contributed by atoms with Crippen LogP contribution in [0.4, 0.5) is 5.82 Å². The Morgan fingerprint density at radius 1 is 0.974 bits per heavy atom. The number of imidazole rings is 1. The Morgan fingerprint density at radius 2 is 1.66 bits per heavy atom. The fourth-order valence-electron chi connectivity index (χ4n) is 6.20. The van der Waals surface area contributed by atoms with Gasteiger partial charge in [-0.25, -0.2) is 4.98 Å². The number of rotatable bonds is 5. The molecular formula is C32H31ClN5+. The second kappa shape index (κ2) is 10.1. The minimum absolute atomic E-state index is 0.175. The number of nitrogens with zero attached hydrogens (tertiary/aromatic N) is 4. The number of piperazine rings is 1. The molecule has 0 saturated carbocycles. The van der Waals surface area contributed by atoms with Crippen LogP contribution < -0.4 is 9.80 Å². The van der Waals surface area contributed by atoms with Crippen molar-refractivity contribution in [1.82, 2.24) is 9.38 Å². The van der Waals surface area contributed by atoms with Crippen LogP contribution in [0.5, 0.6) is 0 Å². The average molecular weight is 521 g/mol. The Labute approximate surface area is 228 Å². The topological polar surface area (TPSA) is 48.8 Å². The van der Waals surface area contributed by atoms with Crippen LogP contribution in [0.15, 0.2) is 78.9 Å². The van der Waals surface area contributed by atoms with Gasteiger partial charge >= 0.3 is 0 Å². The second-order valence-electron chi connectivity index (χ2n) is 10.0. The summed E-state index contributed by atoms with van der Waals surface area (Å²) in [5, 5.41) is 10.9. The minimum Gasteiger partial charge on any atom is -0.346 e. The molecule has 1 aliphatic heterocycles. The molecule has 0 aliphatic carbocycles. The number of fused-ring (bicyclic) bond motifs is 3. The molecule has 0 amide bonds. The molecule has 6 heteroatoms. The molecule has 3 heterocycles. The Bertz CT molecular complexity index is 1660. The molecule has 0 spiro atoms. The number of benzene rings is 3. The summed E-state index contributed by atoms with van der Waals surface area (Å²) in [6.45, 7) is 8.02. The van der Waals surface area contributed by atoms with E-state index < -0.39 is 0 Å². The average Bonchev–Trinajstić information content (AvgIpc) is 3.33. The maximum atomic E-state index is 10.1. The predicted octanol–water partition coefficient (Wildman–Crippen LogP) is 5.38. The van der Waals surface area contributed by atoms with Crippen LogP contribution in [0, 0.1) is 18.3 Å². The number of anilines is 1. The zero-order chi connectivity index (χ0) is 26.2. The smallest absolute Gasteiger partial charge is 0.157 e. The molecule has 0 radical (unpaired) electrons. The van der Waals surface area contributed by atoms with E-state index in [4.69, 9.17) is 16.6 Å². The van der Waals surface area contributed by atoms with Crippen LogP contribution in [0.2, 0.25) is 5.02 Å². The monoisotopic (exact) mass is 520 g/mol. The van der Waals surface area contributed by atoms with E-state index in [-0.39, 0.29) is 6.04 Å². The van der Waals surface area contributed by atoms with Gasteiger partial charge in [0.25, 0.3) is 0 Å². The number of halogens is 1. The van der Waals surface area contributed by atoms with Gasteiger partial charge in [-0.1, -0.05) is 79.2 Å². The van der Waals surface area contributed by atoms with Gasteiger partial charge in [0.15, 0.2) is 5.65 Å². The molecule has 190 valence electrons. The van der Waals surface area contributed by atoms with Gasteiger partial charge in [-0.15, -0.1) is 0 Å². The summed E-state index contributed by atoms with van der Waals surface area (Å²) in [5.41, 5.74) is 8.14. The SMILES string of the molecule is CCc1c(C)c(C#N)c2nc3ccccc3n2c1N1CC[NH+](C(c2ccccc2)c2ccccc2Cl)CC1. The zero-order valence-electron chi connectivity index (χ0n) is 21.8. The standard InChI is InChI=1S/C32H30ClN5/c1-3-24-22(2)26(21-34)31-35-28-15-9-10-16-29(28)38(31)32(24)37-19-17-36(18-20-37)30(23-11-5-4-6-12-23)25-13-7-8-14-27(25)33/h4-16,30H,3,17-20H2,1-2H3/p+1. The maximum absolute atomic E-state index is 10.1. The number of nitriles is 1. The van der Waals surface area contributed by atoms with E-state index in [1.54, 1.807) is 0 Å². The lowest BCUT2D eigenvalue weighted by Crippen LogP contribution is -3.15. The van der Waals surface area contributed by atoms with Crippen molar-refractivity contribution < 1.29 is 4.90 Å². The summed E-state index contributed by atoms with van der Waals surface area (Å²) >= 11 is 6.75. The highest BCUT2D eigenvalue weighted by Gasteiger charge is 2.33. The molecule has 38 heavy (non-hydrogen) atoms. The van der Waals surface area contributed by atoms with Gasteiger partial charge in [0.1, 0.15) is 17.9 Å². The molecular weight excluding hydrogens is 490 g/mol. The zero-order valence-corrected chi connectivity index (χ0v) is 22.5. The summed E-state index contributed by atoms with van der Waals surface area (Å²) in [6, 6.07) is 29.8. The molecule has 1 unspecified atom stereocenters. The Balaban J connectivity index is 1.42. The van der Waals surface area contributed by atoms with E-state index >= 15 is 0 Å². The largest absolute Gasteiger partial charge is 0.346 e. The van der Waals surface area contributed by atoms with Crippen LogP contribution in [-0.4, -0.2) is 35.6 Å². The van der Waals surface area contributed by atoms with Crippen molar-refractivity contribution in [2.75, 3.05) is 31.1 Å². The molecule has 5 aromatic rings. The molecule has 0 bridgehead atoms. The molecule has 6 rings (SSSR count). The Morgan fingerprint density at radius 3 is 2.37 bits per heavy atom. The molecule has 1 aliphatic rings. The summed E-state index contributed by atoms with van der Waals surface area (Å²) in [6.07, 6.45) is 0.859. The van der Waals surface area contributed by atoms with Crippen molar-refractivity contribution >= 4 is 34.1 Å². The van der Waals surface area contributed by atoms with E-state index in [9.17, 15) is 5.26 Å². The first kappa shape index (κ1) is 24.5. The van der Waals surface area contributed by atoms with Crippen molar-refractivity contribution in [3.05, 3.63) is 112 Å². The lowest BCUT2D eigenvalue weighted by molar-refractivity contribution is -0.926. The van der Waals surface area contributed by atoms with Gasteiger partial charge in [-0.05, 0) is 42.7 Å². The van der Waals surface area contributed by atoms with Gasteiger partial charge in [-0.3, -0.25) is 4.40 Å². The quantitative estimate of drug-likeness (QED) is 0.338. The van der Waals surface area contributed by atoms with Gasteiger partial charge in [0.2, 0.25) is 0 Å². The second-order valence-corrected chi connectivity index (χ2v) is 10.4. The van der Waals surface area contributed by atoms with Crippen molar-refractivity contribution in [2.24, 2.45) is 0 Å². The van der Waals surface area contributed by atoms with Crippen LogP contribution >= 0.6 is 11.6 Å². The first-order valence-corrected chi connectivity index (χ1v) is 13.7. The number of pyridine rings is 1. The maximum Gasteiger partial charge on any atom is 0.157 e. The third-order valence-corrected chi connectivity index (χ3v) is 8.37. The van der Waals surface area contributed by atoms with Crippen molar-refractivity contribution in [3.63, 3.8) is 0 Å².